The Morgan fingerprint density at radius 1 is 0.947 bits per heavy atom. The molecule has 4 aromatic rings. The van der Waals surface area contributed by atoms with E-state index in [1.165, 1.54) is 32.5 Å². The van der Waals surface area contributed by atoms with E-state index in [-0.39, 0.29) is 76.9 Å². The third kappa shape index (κ3) is 7.78. The number of benzene rings is 2. The molecule has 5 atom stereocenters. The zero-order valence-electron chi connectivity index (χ0n) is 31.2. The molecular formula is C39H45N7O11. The molecule has 0 spiro atoms. The maximum Gasteiger partial charge on any atom is 0.229 e. The van der Waals surface area contributed by atoms with E-state index in [4.69, 9.17) is 31.4 Å². The Kier molecular flexibility index (Phi) is 11.9. The van der Waals surface area contributed by atoms with Gasteiger partial charge < -0.3 is 67.4 Å². The van der Waals surface area contributed by atoms with E-state index in [9.17, 15) is 40.2 Å². The number of hydrogen-bond donors (Lipinski definition) is 10. The van der Waals surface area contributed by atoms with Crippen LogP contribution in [0.4, 0.5) is 11.6 Å². The number of ketones is 2. The minimum absolute atomic E-state index is 0.0484. The number of ether oxygens (including phenoxy) is 3. The van der Waals surface area contributed by atoms with Crippen molar-refractivity contribution in [2.24, 2.45) is 10.7 Å². The summed E-state index contributed by atoms with van der Waals surface area (Å²) in [6.07, 6.45) is -3.48. The molecule has 18 nitrogen and oxygen atoms in total. The van der Waals surface area contributed by atoms with Gasteiger partial charge in [0.15, 0.2) is 11.7 Å². The summed E-state index contributed by atoms with van der Waals surface area (Å²) in [5.41, 5.74) is 16.2. The quantitative estimate of drug-likeness (QED) is 0.0537. The van der Waals surface area contributed by atoms with Gasteiger partial charge >= 0.3 is 0 Å². The summed E-state index contributed by atoms with van der Waals surface area (Å²) in [6, 6.07) is 9.36. The van der Waals surface area contributed by atoms with Crippen molar-refractivity contribution in [2.45, 2.75) is 69.0 Å². The molecule has 2 aliphatic rings. The lowest BCUT2D eigenvalue weighted by Gasteiger charge is -2.48. The van der Waals surface area contributed by atoms with Crippen molar-refractivity contribution >= 4 is 29.2 Å². The highest BCUT2D eigenvalue weighted by Crippen LogP contribution is 2.45. The van der Waals surface area contributed by atoms with Crippen LogP contribution in [0.2, 0.25) is 0 Å². The number of aromatic nitrogens is 2. The summed E-state index contributed by atoms with van der Waals surface area (Å²) < 4.78 is 17.4. The van der Waals surface area contributed by atoms with E-state index in [0.29, 0.717) is 23.4 Å². The SMILES string of the molecule is CN=C(N)NCc1c(CCc2ccc(N)nc2)cc2c(c1O)C(=O)c1c(O[C@@H]3O[C@H](CO)[C@](O)(CCc4ccnc(N)c4)[C@H](O)[C@H]3O)cc(OC)c(CO)c1C2=O. The van der Waals surface area contributed by atoms with Gasteiger partial charge in [-0.15, -0.1) is 0 Å². The van der Waals surface area contributed by atoms with Gasteiger partial charge in [-0.05, 0) is 66.6 Å². The summed E-state index contributed by atoms with van der Waals surface area (Å²) in [6.45, 7) is -1.64. The first kappa shape index (κ1) is 40.8. The second kappa shape index (κ2) is 16.7. The molecule has 0 radical (unpaired) electrons. The maximum absolute atomic E-state index is 14.6. The lowest BCUT2D eigenvalue weighted by atomic mass is 9.78. The lowest BCUT2D eigenvalue weighted by Crippen LogP contribution is -2.68. The molecule has 1 saturated heterocycles. The van der Waals surface area contributed by atoms with Crippen LogP contribution in [-0.4, -0.2) is 109 Å². The van der Waals surface area contributed by atoms with E-state index in [1.54, 1.807) is 30.5 Å². The third-order valence-corrected chi connectivity index (χ3v) is 10.4. The molecule has 1 aliphatic heterocycles. The molecule has 0 unspecified atom stereocenters. The summed E-state index contributed by atoms with van der Waals surface area (Å²) in [5.74, 6) is -1.98. The van der Waals surface area contributed by atoms with Crippen molar-refractivity contribution in [1.82, 2.24) is 15.3 Å². The van der Waals surface area contributed by atoms with Crippen LogP contribution in [0.1, 0.15) is 66.1 Å². The van der Waals surface area contributed by atoms with Gasteiger partial charge in [0, 0.05) is 54.3 Å². The summed E-state index contributed by atoms with van der Waals surface area (Å²) in [4.78, 5) is 41.1. The van der Waals surface area contributed by atoms with Crippen LogP contribution in [0.15, 0.2) is 53.8 Å². The molecular weight excluding hydrogens is 742 g/mol. The molecule has 2 aromatic heterocycles. The minimum Gasteiger partial charge on any atom is -0.507 e. The van der Waals surface area contributed by atoms with E-state index >= 15 is 0 Å². The number of guanidine groups is 1. The number of nitrogens with zero attached hydrogens (tertiary/aromatic N) is 3. The molecule has 13 N–H and O–H groups in total. The van der Waals surface area contributed by atoms with Crippen molar-refractivity contribution in [2.75, 3.05) is 32.2 Å². The van der Waals surface area contributed by atoms with E-state index < -0.39 is 66.3 Å². The van der Waals surface area contributed by atoms with Crippen molar-refractivity contribution in [3.8, 4) is 17.2 Å². The number of rotatable bonds is 13. The number of aromatic hydroxyl groups is 1. The Morgan fingerprint density at radius 3 is 2.37 bits per heavy atom. The number of aliphatic hydroxyl groups excluding tert-OH is 4. The standard InChI is InChI=1S/C39H45N7O11/c1-43-38(42)46-15-22-20(5-3-19-4-6-27(40)45-14-19)12-21-30(33(22)50)34(51)31-25(13-24(55-2)23(16-47)29(31)32(21)49)56-37-35(52)36(53)39(54,26(17-48)57-37)9-7-18-8-10-44-28(41)11-18/h4,6,8,10-14,26,35-37,47-48,50,52-54H,3,5,7,9,15-17H2,1-2H3,(H2,40,45)(H2,41,44)(H3,42,43,46)/t26-,35-,36-,37-,39-/m1/s1. The van der Waals surface area contributed by atoms with E-state index in [0.717, 1.165) is 5.56 Å². The van der Waals surface area contributed by atoms with Gasteiger partial charge in [0.25, 0.3) is 0 Å². The molecule has 302 valence electrons. The number of aliphatic imine (C=N–C) groups is 1. The molecule has 0 saturated carbocycles. The minimum atomic E-state index is -2.18. The summed E-state index contributed by atoms with van der Waals surface area (Å²) in [5, 5.41) is 69.7. The molecule has 18 heteroatoms. The van der Waals surface area contributed by atoms with Gasteiger partial charge in [-0.1, -0.05) is 6.07 Å². The van der Waals surface area contributed by atoms with Gasteiger partial charge in [0.2, 0.25) is 12.1 Å². The van der Waals surface area contributed by atoms with Gasteiger partial charge in [-0.2, -0.15) is 0 Å². The predicted octanol–water partition coefficient (Wildman–Crippen LogP) is -0.376. The fourth-order valence-electron chi connectivity index (χ4n) is 7.28. The normalized spacial score (nSPS) is 21.8. The second-order valence-corrected chi connectivity index (χ2v) is 13.8. The predicted molar refractivity (Wildman–Crippen MR) is 205 cm³/mol. The van der Waals surface area contributed by atoms with Gasteiger partial charge in [0.05, 0.1) is 31.5 Å². The molecule has 1 fully saturated rings. The van der Waals surface area contributed by atoms with Crippen LogP contribution in [-0.2, 0) is 37.2 Å². The van der Waals surface area contributed by atoms with E-state index in [2.05, 4.69) is 20.3 Å². The number of fused-ring (bicyclic) bond motifs is 2. The Balaban J connectivity index is 1.39. The Bertz CT molecular complexity index is 2200. The van der Waals surface area contributed by atoms with Crippen LogP contribution in [0.5, 0.6) is 17.2 Å². The number of carbonyl (C=O) groups excluding carboxylic acids is 2. The number of pyridine rings is 2. The largest absolute Gasteiger partial charge is 0.507 e. The van der Waals surface area contributed by atoms with Crippen molar-refractivity contribution in [3.05, 3.63) is 98.9 Å². The van der Waals surface area contributed by atoms with Gasteiger partial charge in [-0.3, -0.25) is 14.6 Å². The first-order valence-electron chi connectivity index (χ1n) is 18.0. The average molecular weight is 788 g/mol. The number of aryl methyl sites for hydroxylation is 3. The number of aliphatic hydroxyl groups is 5. The first-order chi connectivity index (χ1) is 27.3. The fraction of sp³-hybridized carbons (Fsp3) is 0.359. The molecule has 0 bridgehead atoms. The van der Waals surface area contributed by atoms with Crippen LogP contribution in [0, 0.1) is 0 Å². The molecule has 57 heavy (non-hydrogen) atoms. The zero-order valence-corrected chi connectivity index (χ0v) is 31.2. The van der Waals surface area contributed by atoms with Gasteiger partial charge in [0.1, 0.15) is 52.8 Å². The Morgan fingerprint density at radius 2 is 1.72 bits per heavy atom. The highest BCUT2D eigenvalue weighted by molar-refractivity contribution is 6.31. The highest BCUT2D eigenvalue weighted by atomic mass is 16.7. The number of nitrogens with one attached hydrogen (secondary N) is 1. The second-order valence-electron chi connectivity index (χ2n) is 13.8. The monoisotopic (exact) mass is 787 g/mol. The molecule has 3 heterocycles. The number of nitrogens with two attached hydrogens (primary N) is 3. The maximum atomic E-state index is 14.6. The fourth-order valence-corrected chi connectivity index (χ4v) is 7.28. The van der Waals surface area contributed by atoms with Crippen LogP contribution < -0.4 is 32.0 Å². The Labute approximate surface area is 326 Å². The topological polar surface area (TPSA) is 311 Å². The number of anilines is 2. The zero-order chi connectivity index (χ0) is 41.2. The van der Waals surface area contributed by atoms with Crippen LogP contribution >= 0.6 is 0 Å². The van der Waals surface area contributed by atoms with Crippen molar-refractivity contribution in [3.63, 3.8) is 0 Å². The number of phenolic OH excluding ortho intramolecular Hbond substituents is 1. The van der Waals surface area contributed by atoms with Crippen molar-refractivity contribution in [1.29, 1.82) is 0 Å². The third-order valence-electron chi connectivity index (χ3n) is 10.4. The molecule has 6 rings (SSSR count). The average Bonchev–Trinajstić information content (AvgIpc) is 3.20. The lowest BCUT2D eigenvalue weighted by molar-refractivity contribution is -0.314. The number of hydrogen-bond acceptors (Lipinski definition) is 16. The Hall–Kier alpha value is -5.89. The molecule has 1 aliphatic carbocycles. The number of carbonyl (C=O) groups is 2. The number of methoxy groups -OCH3 is 1. The van der Waals surface area contributed by atoms with Gasteiger partial charge in [-0.25, -0.2) is 9.97 Å². The number of nitrogen functional groups attached to an aromatic ring is 2. The first-order valence-corrected chi connectivity index (χ1v) is 18.0. The van der Waals surface area contributed by atoms with Crippen molar-refractivity contribution < 1.29 is 54.4 Å². The van der Waals surface area contributed by atoms with Crippen LogP contribution in [0.3, 0.4) is 0 Å². The summed E-state index contributed by atoms with van der Waals surface area (Å²) >= 11 is 0. The van der Waals surface area contributed by atoms with E-state index in [1.807, 2.05) is 0 Å². The number of phenols is 1. The summed E-state index contributed by atoms with van der Waals surface area (Å²) in [7, 11) is 2.73. The highest BCUT2D eigenvalue weighted by Gasteiger charge is 2.55. The molecule has 0 amide bonds. The molecule has 2 aromatic carbocycles. The van der Waals surface area contributed by atoms with Crippen LogP contribution in [0.25, 0.3) is 0 Å². The smallest absolute Gasteiger partial charge is 0.229 e.